The average Bonchev–Trinajstić information content (AvgIpc) is 3.12. The molecule has 0 fully saturated rings. The van der Waals surface area contributed by atoms with Crippen LogP contribution in [0.2, 0.25) is 0 Å². The van der Waals surface area contributed by atoms with Crippen molar-refractivity contribution in [2.45, 2.75) is 16.0 Å². The molecule has 0 atom stereocenters. The second-order valence-electron chi connectivity index (χ2n) is 4.76. The third-order valence-electron chi connectivity index (χ3n) is 3.71. The summed E-state index contributed by atoms with van der Waals surface area (Å²) in [4.78, 5) is 0. The second kappa shape index (κ2) is 4.97. The van der Waals surface area contributed by atoms with Gasteiger partial charge in [-0.05, 0) is 0 Å². The summed E-state index contributed by atoms with van der Waals surface area (Å²) in [6, 6.07) is 11.0. The maximum atomic E-state index is 2.32. The van der Waals surface area contributed by atoms with Crippen LogP contribution in [0.5, 0.6) is 0 Å². The Balaban J connectivity index is 2.09. The molecule has 18 heavy (non-hydrogen) atoms. The zero-order valence-electron chi connectivity index (χ0n) is 10.3. The minimum absolute atomic E-state index is 0.189. The van der Waals surface area contributed by atoms with Gasteiger partial charge in [0.1, 0.15) is 0 Å². The first-order chi connectivity index (χ1) is 8.82. The Labute approximate surface area is 123 Å². The van der Waals surface area contributed by atoms with Crippen molar-refractivity contribution in [3.63, 3.8) is 0 Å². The van der Waals surface area contributed by atoms with E-state index < -0.39 is 0 Å². The van der Waals surface area contributed by atoms with Crippen molar-refractivity contribution in [1.29, 1.82) is 0 Å². The Bertz CT molecular complexity index is 529. The first-order valence-electron chi connectivity index (χ1n) is 6.34. The number of hydrogen-bond donors (Lipinski definition) is 0. The van der Waals surface area contributed by atoms with Gasteiger partial charge in [0.25, 0.3) is 0 Å². The number of hydrogen-bond acceptors (Lipinski definition) is 0. The van der Waals surface area contributed by atoms with Gasteiger partial charge in [0.2, 0.25) is 0 Å². The van der Waals surface area contributed by atoms with E-state index in [0.29, 0.717) is 0 Å². The van der Waals surface area contributed by atoms with Crippen molar-refractivity contribution >= 4 is 0 Å². The summed E-state index contributed by atoms with van der Waals surface area (Å²) >= 11 is 1.12. The molecule has 3 rings (SSSR count). The van der Waals surface area contributed by atoms with Gasteiger partial charge in [0.15, 0.2) is 0 Å². The van der Waals surface area contributed by atoms with Crippen LogP contribution in [-0.4, -0.2) is 0 Å². The number of rotatable bonds is 3. The third kappa shape index (κ3) is 1.95. The molecule has 0 saturated carbocycles. The second-order valence-corrected chi connectivity index (χ2v) is 7.46. The van der Waals surface area contributed by atoms with Gasteiger partial charge in [-0.1, -0.05) is 0 Å². The minimum atomic E-state index is 0.189. The van der Waals surface area contributed by atoms with E-state index in [1.807, 2.05) is 0 Å². The average molecular weight is 398 g/mol. The van der Waals surface area contributed by atoms with Crippen LogP contribution in [0.3, 0.4) is 0 Å². The van der Waals surface area contributed by atoms with Crippen LogP contribution in [0, 0.1) is 0 Å². The van der Waals surface area contributed by atoms with Gasteiger partial charge in [-0.2, -0.15) is 0 Å². The molecule has 0 nitrogen and oxygen atoms in total. The van der Waals surface area contributed by atoms with Crippen molar-refractivity contribution in [2.24, 2.45) is 0 Å². The van der Waals surface area contributed by atoms with E-state index in [9.17, 15) is 0 Å². The molecule has 0 saturated heterocycles. The van der Waals surface area contributed by atoms with Gasteiger partial charge >= 0.3 is 124 Å². The predicted octanol–water partition coefficient (Wildman–Crippen LogP) is 4.20. The van der Waals surface area contributed by atoms with E-state index >= 15 is 0 Å². The summed E-state index contributed by atoms with van der Waals surface area (Å²) < 4.78 is 0.189. The van der Waals surface area contributed by atoms with Crippen LogP contribution in [0.25, 0.3) is 0 Å². The quantitative estimate of drug-likeness (QED) is 0.671. The zero-order chi connectivity index (χ0) is 12.4. The van der Waals surface area contributed by atoms with Crippen molar-refractivity contribution in [3.8, 4) is 0 Å². The maximum absolute atomic E-state index is 2.32. The van der Waals surface area contributed by atoms with Gasteiger partial charge in [-0.15, -0.1) is 0 Å². The molecule has 87 valence electrons. The Morgan fingerprint density at radius 2 is 1.39 bits per heavy atom. The molecule has 0 aliphatic heterocycles. The summed E-state index contributed by atoms with van der Waals surface area (Å²) in [5.41, 5.74) is 4.59. The summed E-state index contributed by atoms with van der Waals surface area (Å²) in [6.45, 7) is 0. The standard InChI is InChI=1S/C17H15.Hf/c1-2-8-14(9-3-1)17(15-10-4-5-11-15)16-12-6-7-13-16;/h1-10,12H,11,13H2;. The summed E-state index contributed by atoms with van der Waals surface area (Å²) in [6.07, 6.45) is 15.8. The molecule has 0 bridgehead atoms. The number of allylic oxidation sites excluding steroid dienone is 8. The van der Waals surface area contributed by atoms with Crippen LogP contribution in [0.15, 0.2) is 77.9 Å². The van der Waals surface area contributed by atoms with Crippen molar-refractivity contribution in [3.05, 3.63) is 83.5 Å². The SMILES string of the molecule is [Hf][C](C1=CC=CC1)(C1=CC=CC1)c1ccccc1. The van der Waals surface area contributed by atoms with Gasteiger partial charge in [0.05, 0.1) is 0 Å². The predicted molar refractivity (Wildman–Crippen MR) is 71.8 cm³/mol. The molecule has 0 N–H and O–H groups in total. The van der Waals surface area contributed by atoms with Crippen LogP contribution in [-0.2, 0) is 27.5 Å². The molecule has 2 aliphatic carbocycles. The van der Waals surface area contributed by atoms with E-state index in [4.69, 9.17) is 0 Å². The van der Waals surface area contributed by atoms with E-state index in [1.165, 1.54) is 5.56 Å². The molecular formula is C17H15Hf. The Kier molecular flexibility index (Phi) is 3.34. The molecule has 1 aromatic carbocycles. The topological polar surface area (TPSA) is 0 Å². The van der Waals surface area contributed by atoms with Crippen LogP contribution in [0.4, 0.5) is 0 Å². The molecule has 0 amide bonds. The normalized spacial score (nSPS) is 17.9. The van der Waals surface area contributed by atoms with E-state index in [2.05, 4.69) is 66.8 Å². The molecule has 0 radical (unpaired) electrons. The summed E-state index contributed by atoms with van der Waals surface area (Å²) in [5.74, 6) is 0. The van der Waals surface area contributed by atoms with Gasteiger partial charge in [0, 0.05) is 0 Å². The van der Waals surface area contributed by atoms with Crippen LogP contribution in [0.1, 0.15) is 18.4 Å². The molecule has 0 spiro atoms. The summed E-state index contributed by atoms with van der Waals surface area (Å²) in [7, 11) is 0. The van der Waals surface area contributed by atoms with Gasteiger partial charge < -0.3 is 0 Å². The third-order valence-corrected chi connectivity index (χ3v) is 7.06. The van der Waals surface area contributed by atoms with Gasteiger partial charge in [-0.25, -0.2) is 0 Å². The Hall–Kier alpha value is -0.950. The summed E-state index contributed by atoms with van der Waals surface area (Å²) in [5, 5.41) is 0. The fourth-order valence-corrected chi connectivity index (χ4v) is 4.65. The van der Waals surface area contributed by atoms with E-state index in [-0.39, 0.29) is 3.17 Å². The Morgan fingerprint density at radius 3 is 1.83 bits per heavy atom. The molecule has 0 unspecified atom stereocenters. The zero-order valence-corrected chi connectivity index (χ0v) is 13.9. The Morgan fingerprint density at radius 1 is 0.833 bits per heavy atom. The van der Waals surface area contributed by atoms with Crippen LogP contribution < -0.4 is 0 Å². The molecule has 0 heterocycles. The van der Waals surface area contributed by atoms with E-state index in [1.54, 1.807) is 11.1 Å². The molecule has 0 aromatic heterocycles. The molecule has 1 aromatic rings. The van der Waals surface area contributed by atoms with Crippen molar-refractivity contribution in [2.75, 3.05) is 0 Å². The first kappa shape index (κ1) is 12.1. The number of benzene rings is 1. The van der Waals surface area contributed by atoms with Gasteiger partial charge in [-0.3, -0.25) is 0 Å². The first-order valence-corrected chi connectivity index (χ1v) is 8.14. The van der Waals surface area contributed by atoms with Crippen molar-refractivity contribution < 1.29 is 24.4 Å². The fourth-order valence-electron chi connectivity index (χ4n) is 2.72. The van der Waals surface area contributed by atoms with Crippen molar-refractivity contribution in [1.82, 2.24) is 0 Å². The molecule has 1 heteroatoms. The molecule has 2 aliphatic rings. The molecular weight excluding hydrogens is 383 g/mol. The monoisotopic (exact) mass is 399 g/mol. The van der Waals surface area contributed by atoms with Crippen LogP contribution >= 0.6 is 0 Å². The fraction of sp³-hybridized carbons (Fsp3) is 0.176. The van der Waals surface area contributed by atoms with E-state index in [0.717, 1.165) is 37.2 Å².